The number of methoxy groups -OCH3 is 1. The molecule has 0 fully saturated rings. The van der Waals surface area contributed by atoms with Crippen molar-refractivity contribution in [3.8, 4) is 5.75 Å². The van der Waals surface area contributed by atoms with Gasteiger partial charge in [-0.05, 0) is 18.2 Å². The third kappa shape index (κ3) is 3.81. The van der Waals surface area contributed by atoms with Gasteiger partial charge < -0.3 is 14.8 Å². The van der Waals surface area contributed by atoms with Gasteiger partial charge in [0.05, 0.1) is 17.9 Å². The van der Waals surface area contributed by atoms with Crippen molar-refractivity contribution < 1.29 is 22.6 Å². The fraction of sp³-hybridized carbons (Fsp3) is 0.455. The normalized spacial score (nSPS) is 11.4. The summed E-state index contributed by atoms with van der Waals surface area (Å²) in [5.41, 5.74) is -0.406. The molecule has 0 saturated carbocycles. The van der Waals surface area contributed by atoms with E-state index in [1.165, 1.54) is 13.2 Å². The minimum Gasteiger partial charge on any atom is -0.489 e. The standard InChI is InChI=1S/C11H14F3NO2/c1-15-9-7-8(11(12,13)14)3-4-10(9)17-6-5-16-2/h3-4,7,15H,5-6H2,1-2H3. The summed E-state index contributed by atoms with van der Waals surface area (Å²) in [5, 5.41) is 2.67. The maximum atomic E-state index is 12.5. The minimum atomic E-state index is -4.35. The van der Waals surface area contributed by atoms with E-state index in [9.17, 15) is 13.2 Å². The minimum absolute atomic E-state index is 0.288. The van der Waals surface area contributed by atoms with Crippen molar-refractivity contribution in [2.45, 2.75) is 6.18 Å². The lowest BCUT2D eigenvalue weighted by Crippen LogP contribution is -2.09. The fourth-order valence-corrected chi connectivity index (χ4v) is 1.26. The lowest BCUT2D eigenvalue weighted by Gasteiger charge is -2.14. The van der Waals surface area contributed by atoms with Gasteiger partial charge in [-0.3, -0.25) is 0 Å². The molecule has 0 aromatic heterocycles. The highest BCUT2D eigenvalue weighted by Gasteiger charge is 2.31. The Kier molecular flexibility index (Phi) is 4.62. The van der Waals surface area contributed by atoms with Crippen molar-refractivity contribution in [2.75, 3.05) is 32.7 Å². The van der Waals surface area contributed by atoms with E-state index >= 15 is 0 Å². The molecule has 0 radical (unpaired) electrons. The van der Waals surface area contributed by atoms with E-state index in [2.05, 4.69) is 5.32 Å². The van der Waals surface area contributed by atoms with Gasteiger partial charge in [-0.2, -0.15) is 13.2 Å². The zero-order valence-corrected chi connectivity index (χ0v) is 9.60. The fourth-order valence-electron chi connectivity index (χ4n) is 1.26. The average molecular weight is 249 g/mol. The highest BCUT2D eigenvalue weighted by atomic mass is 19.4. The van der Waals surface area contributed by atoms with E-state index in [1.807, 2.05) is 0 Å². The number of ether oxygens (including phenoxy) is 2. The Hall–Kier alpha value is -1.43. The van der Waals surface area contributed by atoms with Gasteiger partial charge in [0, 0.05) is 14.2 Å². The van der Waals surface area contributed by atoms with Gasteiger partial charge in [0.1, 0.15) is 12.4 Å². The largest absolute Gasteiger partial charge is 0.489 e. The number of hydrogen-bond acceptors (Lipinski definition) is 3. The summed E-state index contributed by atoms with van der Waals surface area (Å²) >= 11 is 0. The number of benzene rings is 1. The smallest absolute Gasteiger partial charge is 0.416 e. The molecular formula is C11H14F3NO2. The summed E-state index contributed by atoms with van der Waals surface area (Å²) in [7, 11) is 3.06. The number of anilines is 1. The SMILES string of the molecule is CNc1cc(C(F)(F)F)ccc1OCCOC. The van der Waals surface area contributed by atoms with Gasteiger partial charge in [-0.25, -0.2) is 0 Å². The maximum absolute atomic E-state index is 12.5. The number of halogens is 3. The lowest BCUT2D eigenvalue weighted by atomic mass is 10.2. The van der Waals surface area contributed by atoms with Crippen LogP contribution in [-0.2, 0) is 10.9 Å². The lowest BCUT2D eigenvalue weighted by molar-refractivity contribution is -0.137. The predicted octanol–water partition coefficient (Wildman–Crippen LogP) is 2.77. The first kappa shape index (κ1) is 13.6. The van der Waals surface area contributed by atoms with Gasteiger partial charge >= 0.3 is 6.18 Å². The van der Waals surface area contributed by atoms with Crippen LogP contribution in [0, 0.1) is 0 Å². The van der Waals surface area contributed by atoms with Crippen molar-refractivity contribution in [3.63, 3.8) is 0 Å². The van der Waals surface area contributed by atoms with Crippen LogP contribution in [0.2, 0.25) is 0 Å². The van der Waals surface area contributed by atoms with Crippen LogP contribution >= 0.6 is 0 Å². The summed E-state index contributed by atoms with van der Waals surface area (Å²) in [4.78, 5) is 0. The van der Waals surface area contributed by atoms with Gasteiger partial charge in [0.25, 0.3) is 0 Å². The van der Waals surface area contributed by atoms with Crippen LogP contribution in [0.3, 0.4) is 0 Å². The quantitative estimate of drug-likeness (QED) is 0.814. The third-order valence-electron chi connectivity index (χ3n) is 2.12. The topological polar surface area (TPSA) is 30.5 Å². The van der Waals surface area contributed by atoms with Gasteiger partial charge in [-0.1, -0.05) is 0 Å². The molecule has 3 nitrogen and oxygen atoms in total. The Morgan fingerprint density at radius 2 is 1.94 bits per heavy atom. The van der Waals surface area contributed by atoms with Crippen LogP contribution in [0.4, 0.5) is 18.9 Å². The predicted molar refractivity (Wildman–Crippen MR) is 58.4 cm³/mol. The van der Waals surface area contributed by atoms with Crippen LogP contribution in [0.15, 0.2) is 18.2 Å². The first-order valence-corrected chi connectivity index (χ1v) is 4.99. The highest BCUT2D eigenvalue weighted by molar-refractivity contribution is 5.58. The molecule has 0 heterocycles. The van der Waals surface area contributed by atoms with Crippen LogP contribution in [0.1, 0.15) is 5.56 Å². The summed E-state index contributed by atoms with van der Waals surface area (Å²) in [6.45, 7) is 0.667. The molecule has 1 aromatic rings. The molecule has 17 heavy (non-hydrogen) atoms. The van der Waals surface area contributed by atoms with E-state index in [4.69, 9.17) is 9.47 Å². The molecule has 0 atom stereocenters. The molecule has 0 amide bonds. The monoisotopic (exact) mass is 249 g/mol. The zero-order chi connectivity index (χ0) is 12.9. The van der Waals surface area contributed by atoms with E-state index in [1.54, 1.807) is 7.05 Å². The van der Waals surface area contributed by atoms with Gasteiger partial charge in [0.2, 0.25) is 0 Å². The molecule has 0 spiro atoms. The summed E-state index contributed by atoms with van der Waals surface area (Å²) in [6, 6.07) is 3.30. The van der Waals surface area contributed by atoms with E-state index in [0.29, 0.717) is 18.0 Å². The van der Waals surface area contributed by atoms with Crippen LogP contribution < -0.4 is 10.1 Å². The van der Waals surface area contributed by atoms with Crippen LogP contribution in [0.25, 0.3) is 0 Å². The Morgan fingerprint density at radius 1 is 1.24 bits per heavy atom. The Balaban J connectivity index is 2.86. The number of nitrogens with one attached hydrogen (secondary N) is 1. The maximum Gasteiger partial charge on any atom is 0.416 e. The van der Waals surface area contributed by atoms with Crippen molar-refractivity contribution in [1.82, 2.24) is 0 Å². The van der Waals surface area contributed by atoms with E-state index in [0.717, 1.165) is 12.1 Å². The second kappa shape index (κ2) is 5.77. The third-order valence-corrected chi connectivity index (χ3v) is 2.12. The Bertz CT molecular complexity index is 366. The zero-order valence-electron chi connectivity index (χ0n) is 9.60. The first-order valence-electron chi connectivity index (χ1n) is 4.99. The van der Waals surface area contributed by atoms with Gasteiger partial charge in [0.15, 0.2) is 0 Å². The summed E-state index contributed by atoms with van der Waals surface area (Å²) in [5.74, 6) is 0.373. The molecule has 0 aliphatic carbocycles. The van der Waals surface area contributed by atoms with Crippen molar-refractivity contribution in [2.24, 2.45) is 0 Å². The van der Waals surface area contributed by atoms with Crippen molar-refractivity contribution >= 4 is 5.69 Å². The second-order valence-corrected chi connectivity index (χ2v) is 3.30. The molecule has 1 aromatic carbocycles. The molecule has 0 unspecified atom stereocenters. The second-order valence-electron chi connectivity index (χ2n) is 3.30. The molecule has 0 aliphatic heterocycles. The highest BCUT2D eigenvalue weighted by Crippen LogP contribution is 2.34. The Morgan fingerprint density at radius 3 is 2.47 bits per heavy atom. The molecule has 96 valence electrons. The molecular weight excluding hydrogens is 235 g/mol. The average Bonchev–Trinajstić information content (AvgIpc) is 2.28. The summed E-state index contributed by atoms with van der Waals surface area (Å²) in [6.07, 6.45) is -4.35. The van der Waals surface area contributed by atoms with Crippen molar-refractivity contribution in [3.05, 3.63) is 23.8 Å². The van der Waals surface area contributed by atoms with Gasteiger partial charge in [-0.15, -0.1) is 0 Å². The van der Waals surface area contributed by atoms with Crippen LogP contribution in [0.5, 0.6) is 5.75 Å². The van der Waals surface area contributed by atoms with Crippen molar-refractivity contribution in [1.29, 1.82) is 0 Å². The molecule has 0 saturated heterocycles. The first-order chi connectivity index (χ1) is 7.99. The molecule has 1 N–H and O–H groups in total. The molecule has 1 rings (SSSR count). The molecule has 0 aliphatic rings. The van der Waals surface area contributed by atoms with Crippen LogP contribution in [-0.4, -0.2) is 27.4 Å². The summed E-state index contributed by atoms with van der Waals surface area (Å²) < 4.78 is 47.4. The molecule has 0 bridgehead atoms. The molecule has 6 heteroatoms. The Labute approximate surface area is 97.5 Å². The number of alkyl halides is 3. The number of rotatable bonds is 5. The van der Waals surface area contributed by atoms with E-state index < -0.39 is 11.7 Å². The van der Waals surface area contributed by atoms with E-state index in [-0.39, 0.29) is 6.61 Å². The number of hydrogen-bond donors (Lipinski definition) is 1.